The maximum Gasteiger partial charge on any atom is 1.00 e. The zero-order valence-electron chi connectivity index (χ0n) is 10.8. The van der Waals surface area contributed by atoms with Crippen LogP contribution < -0.4 is 292 Å². The van der Waals surface area contributed by atoms with E-state index in [0.29, 0.717) is 0 Å². The minimum atomic E-state index is -5.68. The normalized spacial score (nSPS) is 7.75. The molecule has 0 radical (unpaired) electrons. The van der Waals surface area contributed by atoms with E-state index in [0.717, 1.165) is 0 Å². The predicted octanol–water partition coefficient (Wildman–Crippen LogP) is -24.3. The summed E-state index contributed by atoms with van der Waals surface area (Å²) in [4.78, 5) is 37.3. The van der Waals surface area contributed by atoms with E-state index >= 15 is 0 Å². The second-order valence-electron chi connectivity index (χ2n) is 0.976. The van der Waals surface area contributed by atoms with Gasteiger partial charge in [-0.3, -0.25) is 0 Å². The average Bonchev–Trinajstić information content (AvgIpc) is 1.14. The average molecular weight is 383 g/mol. The van der Waals surface area contributed by atoms with Crippen LogP contribution in [0.1, 0.15) is 0 Å². The Balaban J connectivity index is -0.0000000152. The van der Waals surface area contributed by atoms with Crippen molar-refractivity contribution < 1.29 is 305 Å². The molecule has 0 unspecified atom stereocenters. The summed E-state index contributed by atoms with van der Waals surface area (Å²) in [6.45, 7) is 0. The third-order valence-corrected chi connectivity index (χ3v) is 1.80. The van der Waals surface area contributed by atoms with Crippen LogP contribution in [0.25, 0.3) is 0 Å². The Labute approximate surface area is 310 Å². The molecule has 16 heavy (non-hydrogen) atoms. The van der Waals surface area contributed by atoms with E-state index in [-0.39, 0.29) is 272 Å². The molecule has 0 heterocycles. The van der Waals surface area contributed by atoms with Gasteiger partial charge in [-0.1, -0.05) is 0 Å². The van der Waals surface area contributed by atoms with E-state index in [1.54, 1.807) is 0 Å². The number of phosphoric acid groups is 2. The molecule has 0 saturated heterocycles. The molecule has 0 spiro atoms. The first kappa shape index (κ1) is 49.9. The van der Waals surface area contributed by atoms with Crippen molar-refractivity contribution in [1.82, 2.24) is 0 Å². The fourth-order valence-corrected chi connectivity index (χ4v) is 1.10. The molecule has 0 aromatic rings. The van der Waals surface area contributed by atoms with Crippen LogP contribution in [0.4, 0.5) is 0 Å². The van der Waals surface area contributed by atoms with Gasteiger partial charge < -0.3 is 33.0 Å². The van der Waals surface area contributed by atoms with E-state index in [9.17, 15) is 28.7 Å². The van der Waals surface area contributed by atoms with Crippen LogP contribution in [0, 0.1) is 0 Å². The van der Waals surface area contributed by atoms with Gasteiger partial charge in [0.05, 0.1) is 15.6 Å². The molecule has 0 aliphatic carbocycles. The summed E-state index contributed by atoms with van der Waals surface area (Å²) in [6, 6.07) is 0. The molecule has 0 atom stereocenters. The topological polar surface area (TPSA) is 136 Å². The molecule has 0 N–H and O–H groups in total. The van der Waals surface area contributed by atoms with Gasteiger partial charge in [0.1, 0.15) is 0 Å². The van der Waals surface area contributed by atoms with Crippen molar-refractivity contribution in [3.05, 3.63) is 0 Å². The molecule has 7 nitrogen and oxygen atoms in total. The summed E-state index contributed by atoms with van der Waals surface area (Å²) in [6.07, 6.45) is 0. The predicted molar refractivity (Wildman–Crippen MR) is 16.3 cm³/mol. The molecule has 0 saturated carbocycles. The smallest absolute Gasteiger partial charge is 0.790 e. The van der Waals surface area contributed by atoms with Crippen molar-refractivity contribution in [2.75, 3.05) is 0 Å². The number of rotatable bonds is 2. The van der Waals surface area contributed by atoms with Crippen LogP contribution in [-0.2, 0) is 13.4 Å². The fourth-order valence-electron chi connectivity index (χ4n) is 0.122. The zero-order chi connectivity index (χ0) is 7.71. The molecule has 0 fully saturated rings. The molecule has 16 heteroatoms. The van der Waals surface area contributed by atoms with Gasteiger partial charge in [-0.2, -0.15) is 0 Å². The Hall–Kier alpha value is 9.17. The SMILES string of the molecule is O=P([O-])([O-])OP(=O)([O-])[O-].[K+].[K+].[K+].[Na+].[Na+].[Na+].[Na+]. The number of hydrogen-bond acceptors (Lipinski definition) is 7. The standard InChI is InChI=1S/3K.4Na.H4O7P2/c;;;;;;;1-8(2,3)7-9(4,5)6/h;;;;;;;(H2,1,2,3)(H2,4,5,6)/q7*+1;/p-4. The molecule has 0 aromatic carbocycles. The minimum absolute atomic E-state index is 0. The van der Waals surface area contributed by atoms with E-state index in [1.807, 2.05) is 0 Å². The molecule has 0 amide bonds. The van der Waals surface area contributed by atoms with Gasteiger partial charge in [-0.15, -0.1) is 0 Å². The van der Waals surface area contributed by atoms with Crippen LogP contribution in [0.3, 0.4) is 0 Å². The maximum atomic E-state index is 9.32. The third kappa shape index (κ3) is 49.5. The van der Waals surface area contributed by atoms with Crippen molar-refractivity contribution in [3.8, 4) is 0 Å². The zero-order valence-corrected chi connectivity index (χ0v) is 29.9. The van der Waals surface area contributed by atoms with E-state index < -0.39 is 15.6 Å². The summed E-state index contributed by atoms with van der Waals surface area (Å²) >= 11 is 0. The molecular formula is K3Na4O7P2+3. The van der Waals surface area contributed by atoms with Crippen LogP contribution in [0.15, 0.2) is 0 Å². The van der Waals surface area contributed by atoms with Crippen LogP contribution >= 0.6 is 15.6 Å². The third-order valence-electron chi connectivity index (χ3n) is 0.200. The van der Waals surface area contributed by atoms with Crippen molar-refractivity contribution in [2.24, 2.45) is 0 Å². The fraction of sp³-hybridized carbons (Fsp3) is 0. The maximum absolute atomic E-state index is 9.32. The Morgan fingerprint density at radius 3 is 0.750 bits per heavy atom. The largest absolute Gasteiger partial charge is 1.00 e. The van der Waals surface area contributed by atoms with E-state index in [4.69, 9.17) is 0 Å². The van der Waals surface area contributed by atoms with Crippen molar-refractivity contribution in [3.63, 3.8) is 0 Å². The van der Waals surface area contributed by atoms with Gasteiger partial charge in [0, 0.05) is 0 Å². The molecule has 0 aliphatic rings. The van der Waals surface area contributed by atoms with E-state index in [1.165, 1.54) is 0 Å². The van der Waals surface area contributed by atoms with Gasteiger partial charge in [-0.05, 0) is 0 Å². The summed E-state index contributed by atoms with van der Waals surface area (Å²) < 4.78 is 21.2. The van der Waals surface area contributed by atoms with E-state index in [2.05, 4.69) is 4.31 Å². The first-order chi connectivity index (χ1) is 3.71. The monoisotopic (exact) mass is 383 g/mol. The molecular weight excluding hydrogens is 383 g/mol. The Morgan fingerprint density at radius 2 is 0.750 bits per heavy atom. The second-order valence-corrected chi connectivity index (χ2v) is 3.42. The minimum Gasteiger partial charge on any atom is -0.790 e. The van der Waals surface area contributed by atoms with Gasteiger partial charge >= 0.3 is 272 Å². The quantitative estimate of drug-likeness (QED) is 0.341. The molecule has 0 aromatic heterocycles. The second kappa shape index (κ2) is 26.4. The molecule has 0 aliphatic heterocycles. The van der Waals surface area contributed by atoms with Gasteiger partial charge in [-0.25, -0.2) is 0 Å². The summed E-state index contributed by atoms with van der Waals surface area (Å²) in [7, 11) is -11.4. The van der Waals surface area contributed by atoms with Gasteiger partial charge in [0.25, 0.3) is 0 Å². The summed E-state index contributed by atoms with van der Waals surface area (Å²) in [5.41, 5.74) is 0. The Bertz CT molecular complexity index is 170. The van der Waals surface area contributed by atoms with Crippen molar-refractivity contribution >= 4 is 15.6 Å². The number of hydrogen-bond donors (Lipinski definition) is 0. The van der Waals surface area contributed by atoms with Crippen molar-refractivity contribution in [2.45, 2.75) is 0 Å². The first-order valence-corrected chi connectivity index (χ1v) is 4.38. The Kier molecular flexibility index (Phi) is 82.3. The van der Waals surface area contributed by atoms with Crippen molar-refractivity contribution in [1.29, 1.82) is 0 Å². The first-order valence-electron chi connectivity index (χ1n) is 1.46. The van der Waals surface area contributed by atoms with Crippen LogP contribution in [0.5, 0.6) is 0 Å². The Morgan fingerprint density at radius 1 is 0.625 bits per heavy atom. The van der Waals surface area contributed by atoms with Gasteiger partial charge in [0.2, 0.25) is 0 Å². The van der Waals surface area contributed by atoms with Gasteiger partial charge in [0.15, 0.2) is 0 Å². The van der Waals surface area contributed by atoms with Crippen LogP contribution in [0.2, 0.25) is 0 Å². The summed E-state index contributed by atoms with van der Waals surface area (Å²) in [5.74, 6) is 0. The van der Waals surface area contributed by atoms with Crippen LogP contribution in [-0.4, -0.2) is 0 Å². The molecule has 56 valence electrons. The molecule has 0 rings (SSSR count). The molecule has 0 bridgehead atoms. The summed E-state index contributed by atoms with van der Waals surface area (Å²) in [5, 5.41) is 0.